The fraction of sp³-hybridized carbons (Fsp3) is 0.0233. The Morgan fingerprint density at radius 2 is 0.940 bits per heavy atom. The molecular formula is C43H31N9O25S7. The van der Waals surface area contributed by atoms with Gasteiger partial charge in [0, 0.05) is 16.2 Å². The van der Waals surface area contributed by atoms with Crippen LogP contribution in [0.5, 0.6) is 23.0 Å². The third-order valence-electron chi connectivity index (χ3n) is 11.0. The first-order chi connectivity index (χ1) is 40.0. The first-order valence-corrected chi connectivity index (χ1v) is 29.0. The van der Waals surface area contributed by atoms with E-state index in [2.05, 4.69) is 78.4 Å². The predicted molar refractivity (Wildman–Crippen MR) is 289 cm³/mol. The van der Waals surface area contributed by atoms with Crippen LogP contribution >= 0.6 is 48.2 Å². The number of anilines is 1. The molecule has 0 aliphatic rings. The highest BCUT2D eigenvalue weighted by molar-refractivity contribution is 7.95. The van der Waals surface area contributed by atoms with Gasteiger partial charge in [0.1, 0.15) is 60.2 Å². The number of aromatic hydroxyl groups is 3. The van der Waals surface area contributed by atoms with Gasteiger partial charge in [0.25, 0.3) is 30.4 Å². The second-order valence-electron chi connectivity index (χ2n) is 15.8. The number of rotatable bonds is 24. The highest BCUT2D eigenvalue weighted by Gasteiger charge is 2.28. The molecule has 0 bridgehead atoms. The number of azo groups is 4. The minimum absolute atomic E-state index is 0.0435. The quantitative estimate of drug-likeness (QED) is 0.00668. The number of phenols is 3. The Morgan fingerprint density at radius 1 is 0.429 bits per heavy atom. The Balaban J connectivity index is 1.24. The van der Waals surface area contributed by atoms with E-state index in [1.165, 1.54) is 67.8 Å². The number of fused-ring (bicyclic) bond motifs is 3. The number of nitrogen functional groups attached to an aromatic ring is 1. The van der Waals surface area contributed by atoms with Crippen LogP contribution in [0.2, 0.25) is 0 Å². The summed E-state index contributed by atoms with van der Waals surface area (Å²) in [6.07, 6.45) is 0. The molecule has 0 aliphatic carbocycles. The Hall–Kier alpha value is -7.41. The third kappa shape index (κ3) is 14.0. The molecule has 440 valence electrons. The maximum absolute atomic E-state index is 13.1. The van der Waals surface area contributed by atoms with Gasteiger partial charge in [0.05, 0.1) is 91.6 Å². The Bertz CT molecular complexity index is 4380. The van der Waals surface area contributed by atoms with Gasteiger partial charge >= 0.3 is 0 Å². The van der Waals surface area contributed by atoms with Crippen molar-refractivity contribution >= 4 is 162 Å². The van der Waals surface area contributed by atoms with Crippen LogP contribution in [0.4, 0.5) is 51.2 Å². The van der Waals surface area contributed by atoms with Crippen LogP contribution in [0.1, 0.15) is 0 Å². The maximum Gasteiger partial charge on any atom is 0.296 e. The lowest BCUT2D eigenvalue weighted by Gasteiger charge is -2.15. The van der Waals surface area contributed by atoms with Crippen molar-refractivity contribution in [3.05, 3.63) is 97.1 Å². The van der Waals surface area contributed by atoms with E-state index in [4.69, 9.17) is 31.5 Å². The molecule has 0 amide bonds. The molecule has 8 aromatic carbocycles. The lowest BCUT2D eigenvalue weighted by atomic mass is 10.0. The Labute approximate surface area is 484 Å². The minimum atomic E-state index is -5.32. The largest absolute Gasteiger partial charge is 0.505 e. The average Bonchev–Trinajstić information content (AvgIpc) is 3.37. The second kappa shape index (κ2) is 26.7. The van der Waals surface area contributed by atoms with Crippen LogP contribution in [-0.4, -0.2) is 82.4 Å². The summed E-state index contributed by atoms with van der Waals surface area (Å²) in [5.74, 6) is -2.24. The first-order valence-electron chi connectivity index (χ1n) is 21.7. The van der Waals surface area contributed by atoms with Crippen LogP contribution in [0.3, 0.4) is 0 Å². The summed E-state index contributed by atoms with van der Waals surface area (Å²) in [7, 11) is -14.0. The van der Waals surface area contributed by atoms with E-state index in [1.54, 1.807) is 0 Å². The van der Waals surface area contributed by atoms with E-state index in [1.807, 2.05) is 0 Å². The molecule has 41 heteroatoms. The van der Waals surface area contributed by atoms with Gasteiger partial charge in [-0.1, -0.05) is 32.3 Å². The zero-order valence-electron chi connectivity index (χ0n) is 40.8. The van der Waals surface area contributed by atoms with Crippen molar-refractivity contribution in [1.29, 1.82) is 0 Å². The molecular weight excluding hydrogens is 1270 g/mol. The number of benzene rings is 8. The molecule has 84 heavy (non-hydrogen) atoms. The second-order valence-corrected chi connectivity index (χ2v) is 23.0. The van der Waals surface area contributed by atoms with Gasteiger partial charge in [0.15, 0.2) is 17.2 Å². The molecule has 0 atom stereocenters. The molecule has 0 aliphatic heterocycles. The van der Waals surface area contributed by atoms with E-state index >= 15 is 0 Å². The van der Waals surface area contributed by atoms with Crippen molar-refractivity contribution < 1.29 is 117 Å². The number of methoxy groups -OCH3 is 1. The number of nitrogens with two attached hydrogens (primary N) is 1. The van der Waals surface area contributed by atoms with Gasteiger partial charge in [-0.25, -0.2) is 21.0 Å². The molecule has 0 spiro atoms. The van der Waals surface area contributed by atoms with Gasteiger partial charge in [-0.3, -0.25) is 13.7 Å². The van der Waals surface area contributed by atoms with Crippen molar-refractivity contribution in [2.24, 2.45) is 40.9 Å². The Morgan fingerprint density at radius 3 is 1.57 bits per heavy atom. The van der Waals surface area contributed by atoms with Crippen molar-refractivity contribution in [1.82, 2.24) is 0 Å². The smallest absolute Gasteiger partial charge is 0.296 e. The van der Waals surface area contributed by atoms with Crippen molar-refractivity contribution in [3.8, 4) is 23.0 Å². The van der Waals surface area contributed by atoms with E-state index in [-0.39, 0.29) is 99.4 Å². The van der Waals surface area contributed by atoms with Crippen LogP contribution in [-0.2, 0) is 67.8 Å². The molecule has 0 fully saturated rings. The van der Waals surface area contributed by atoms with Crippen LogP contribution in [0, 0.1) is 0 Å². The van der Waals surface area contributed by atoms with Crippen molar-refractivity contribution in [3.63, 3.8) is 0 Å². The van der Waals surface area contributed by atoms with Gasteiger partial charge < -0.3 is 25.8 Å². The van der Waals surface area contributed by atoms with Gasteiger partial charge in [-0.15, -0.1) is 53.1 Å². The van der Waals surface area contributed by atoms with Crippen LogP contribution in [0.25, 0.3) is 32.3 Å². The topological polar surface area (TPSA) is 513 Å². The van der Waals surface area contributed by atoms with E-state index in [0.29, 0.717) is 30.2 Å². The fourth-order valence-electron chi connectivity index (χ4n) is 7.49. The molecule has 8 rings (SSSR count). The summed E-state index contributed by atoms with van der Waals surface area (Å²) < 4.78 is 129. The van der Waals surface area contributed by atoms with Gasteiger partial charge in [0.2, 0.25) is 0 Å². The number of ether oxygens (including phenoxy) is 1. The number of hydrogen-bond acceptors (Lipinski definition) is 35. The Kier molecular flexibility index (Phi) is 19.9. The standard InChI is InChI=1S/C43H31N9O25S7/c1-69-21-7-9-25(30(14-21)79-75-71-57)46-52-40-35(84(66,67)68)13-19-11-29(78-74-70-56)27(15-23(19)42(40)54)48-49-28-17-34(83(63,64)65)24-16-32(81-77-73-59)39(43(55)36(24)37(28)44)50-45-20-6-8-22-18(10-20)12-31(80-76-72-58)38(41(22)53)51-47-26-4-2-3-5-33(26)82(60,61)62/h2-17,53-59H,44H2,1H3,(H,60,61,62)(H,63,64,65)(H,66,67,68). The normalized spacial score (nSPS) is 12.7. The summed E-state index contributed by atoms with van der Waals surface area (Å²) >= 11 is 1.11. The van der Waals surface area contributed by atoms with E-state index in [9.17, 15) is 54.2 Å². The van der Waals surface area contributed by atoms with Crippen molar-refractivity contribution in [2.75, 3.05) is 12.8 Å². The zero-order valence-corrected chi connectivity index (χ0v) is 46.6. The lowest BCUT2D eigenvalue weighted by molar-refractivity contribution is -0.432. The summed E-state index contributed by atoms with van der Waals surface area (Å²) in [5, 5.41) is 116. The highest BCUT2D eigenvalue weighted by Crippen LogP contribution is 2.52. The molecule has 0 saturated heterocycles. The highest BCUT2D eigenvalue weighted by atomic mass is 32.2. The molecule has 34 nitrogen and oxygen atoms in total. The fourth-order valence-corrected chi connectivity index (χ4v) is 11.4. The SMILES string of the molecule is COc1ccc(N=Nc2c(S(=O)(=O)O)cc3cc(SOOO)c(N=Nc4cc(S(=O)(=O)O)c5cc(SOOO)c(N=Nc6ccc7c(O)c(N=Nc8ccccc8S(=O)(=O)O)c(SOOO)cc7c6)c(O)c5c4N)cc3c2O)c(SOOO)c1. The summed E-state index contributed by atoms with van der Waals surface area (Å²) in [5.41, 5.74) is 2.82. The number of hydrogen-bond donors (Lipinski definition) is 11. The lowest BCUT2D eigenvalue weighted by Crippen LogP contribution is -2.02. The maximum atomic E-state index is 13.1. The average molecular weight is 1300 g/mol. The summed E-state index contributed by atoms with van der Waals surface area (Å²) in [6.45, 7) is 0. The van der Waals surface area contributed by atoms with E-state index < -0.39 is 95.8 Å². The predicted octanol–water partition coefficient (Wildman–Crippen LogP) is 13.0. The molecule has 0 radical (unpaired) electrons. The molecule has 0 saturated carbocycles. The van der Waals surface area contributed by atoms with Crippen molar-refractivity contribution in [2.45, 2.75) is 34.3 Å². The van der Waals surface area contributed by atoms with Gasteiger partial charge in [-0.05, 0) is 95.7 Å². The minimum Gasteiger partial charge on any atom is -0.505 e. The van der Waals surface area contributed by atoms with E-state index in [0.717, 1.165) is 30.3 Å². The molecule has 12 N–H and O–H groups in total. The van der Waals surface area contributed by atoms with Crippen LogP contribution in [0.15, 0.2) is 172 Å². The summed E-state index contributed by atoms with van der Waals surface area (Å²) in [6, 6.07) is 19.0. The first kappa shape index (κ1) is 62.6. The molecule has 0 aromatic heterocycles. The third-order valence-corrected chi connectivity index (χ3v) is 16.2. The molecule has 8 aromatic rings. The number of nitrogens with zero attached hydrogens (tertiary/aromatic N) is 8. The molecule has 0 unspecified atom stereocenters. The van der Waals surface area contributed by atoms with Crippen LogP contribution < -0.4 is 10.5 Å². The number of phenolic OH excluding ortho intramolecular Hbond substituents is 3. The zero-order chi connectivity index (χ0) is 60.7. The molecule has 0 heterocycles. The summed E-state index contributed by atoms with van der Waals surface area (Å²) in [4.78, 5) is -3.15. The monoisotopic (exact) mass is 1300 g/mol. The van der Waals surface area contributed by atoms with Gasteiger partial charge in [-0.2, -0.15) is 30.4 Å².